The van der Waals surface area contributed by atoms with Crippen LogP contribution in [0.2, 0.25) is 0 Å². The lowest BCUT2D eigenvalue weighted by Gasteiger charge is -2.27. The lowest BCUT2D eigenvalue weighted by molar-refractivity contribution is 0.0341. The van der Waals surface area contributed by atoms with E-state index in [2.05, 4.69) is 53.6 Å². The number of ether oxygens (including phenoxy) is 1. The van der Waals surface area contributed by atoms with Gasteiger partial charge in [-0.15, -0.1) is 0 Å². The lowest BCUT2D eigenvalue weighted by atomic mass is 10.1. The summed E-state index contributed by atoms with van der Waals surface area (Å²) in [6, 6.07) is 8.61. The summed E-state index contributed by atoms with van der Waals surface area (Å²) in [5.74, 6) is 0.899. The Kier molecular flexibility index (Phi) is 7.90. The van der Waals surface area contributed by atoms with E-state index in [9.17, 15) is 0 Å². The summed E-state index contributed by atoms with van der Waals surface area (Å²) in [5.41, 5.74) is 2.66. The minimum atomic E-state index is 0.708. The number of hydrogen-bond donors (Lipinski definition) is 2. The third-order valence-corrected chi connectivity index (χ3v) is 3.91. The van der Waals surface area contributed by atoms with E-state index >= 15 is 0 Å². The van der Waals surface area contributed by atoms with E-state index in [-0.39, 0.29) is 0 Å². The third-order valence-electron chi connectivity index (χ3n) is 3.91. The van der Waals surface area contributed by atoms with Crippen molar-refractivity contribution < 1.29 is 4.74 Å². The second kappa shape index (κ2) is 10.2. The molecule has 5 heteroatoms. The molecule has 0 aliphatic carbocycles. The fourth-order valence-corrected chi connectivity index (χ4v) is 2.62. The van der Waals surface area contributed by atoms with Crippen LogP contribution in [-0.2, 0) is 17.8 Å². The van der Waals surface area contributed by atoms with Crippen molar-refractivity contribution >= 4 is 5.96 Å². The minimum absolute atomic E-state index is 0.708. The number of morpholine rings is 1. The Morgan fingerprint density at radius 1 is 1.13 bits per heavy atom. The molecule has 0 atom stereocenters. The molecule has 2 rings (SSSR count). The number of guanidine groups is 1. The van der Waals surface area contributed by atoms with Crippen LogP contribution >= 0.6 is 0 Å². The second-order valence-corrected chi connectivity index (χ2v) is 5.78. The van der Waals surface area contributed by atoms with Crippen molar-refractivity contribution in [2.45, 2.75) is 33.4 Å². The summed E-state index contributed by atoms with van der Waals surface area (Å²) in [5, 5.41) is 6.65. The maximum Gasteiger partial charge on any atom is 0.191 e. The van der Waals surface area contributed by atoms with Crippen molar-refractivity contribution in [3.63, 3.8) is 0 Å². The first kappa shape index (κ1) is 17.8. The molecule has 1 heterocycles. The molecule has 1 saturated heterocycles. The van der Waals surface area contributed by atoms with E-state index in [0.29, 0.717) is 6.54 Å². The monoisotopic (exact) mass is 318 g/mol. The van der Waals surface area contributed by atoms with Crippen LogP contribution in [0.5, 0.6) is 0 Å². The van der Waals surface area contributed by atoms with Crippen LogP contribution in [-0.4, -0.2) is 50.3 Å². The van der Waals surface area contributed by atoms with Gasteiger partial charge >= 0.3 is 0 Å². The van der Waals surface area contributed by atoms with Crippen molar-refractivity contribution in [2.75, 3.05) is 39.4 Å². The Morgan fingerprint density at radius 3 is 2.57 bits per heavy atom. The Labute approximate surface area is 140 Å². The predicted octanol–water partition coefficient (Wildman–Crippen LogP) is 1.98. The molecule has 2 N–H and O–H groups in total. The van der Waals surface area contributed by atoms with Crippen LogP contribution in [0.15, 0.2) is 29.3 Å². The Morgan fingerprint density at radius 2 is 1.87 bits per heavy atom. The highest BCUT2D eigenvalue weighted by Crippen LogP contribution is 2.14. The molecule has 1 aliphatic heterocycles. The van der Waals surface area contributed by atoms with E-state index in [0.717, 1.165) is 58.3 Å². The summed E-state index contributed by atoms with van der Waals surface area (Å²) in [6.07, 6.45) is 1.10. The quantitative estimate of drug-likeness (QED) is 0.596. The van der Waals surface area contributed by atoms with Gasteiger partial charge in [0.1, 0.15) is 0 Å². The smallest absolute Gasteiger partial charge is 0.191 e. The van der Waals surface area contributed by atoms with Gasteiger partial charge in [0.25, 0.3) is 0 Å². The van der Waals surface area contributed by atoms with Crippen LogP contribution in [0.4, 0.5) is 0 Å². The van der Waals surface area contributed by atoms with Crippen molar-refractivity contribution in [1.82, 2.24) is 15.5 Å². The van der Waals surface area contributed by atoms with Gasteiger partial charge in [-0.2, -0.15) is 0 Å². The van der Waals surface area contributed by atoms with Gasteiger partial charge in [-0.25, -0.2) is 4.99 Å². The summed E-state index contributed by atoms with van der Waals surface area (Å²) in [6.45, 7) is 11.5. The number of nitrogens with zero attached hydrogens (tertiary/aromatic N) is 2. The summed E-state index contributed by atoms with van der Waals surface area (Å²) in [4.78, 5) is 7.18. The summed E-state index contributed by atoms with van der Waals surface area (Å²) in [7, 11) is 0. The van der Waals surface area contributed by atoms with Crippen LogP contribution < -0.4 is 10.6 Å². The molecule has 0 unspecified atom stereocenters. The molecule has 0 saturated carbocycles. The average molecular weight is 318 g/mol. The molecule has 0 bridgehead atoms. The van der Waals surface area contributed by atoms with E-state index in [1.807, 2.05) is 0 Å². The highest BCUT2D eigenvalue weighted by atomic mass is 16.5. The fourth-order valence-electron chi connectivity index (χ4n) is 2.62. The maximum absolute atomic E-state index is 5.43. The van der Waals surface area contributed by atoms with Gasteiger partial charge in [0.15, 0.2) is 5.96 Å². The second-order valence-electron chi connectivity index (χ2n) is 5.78. The summed E-state index contributed by atoms with van der Waals surface area (Å²) >= 11 is 0. The molecular formula is C18H30N4O. The standard InChI is InChI=1S/C18H30N4O/c1-3-9-20-18(19-4-2)21-14-16-7-5-6-8-17(16)15-22-10-12-23-13-11-22/h5-8H,3-4,9-15H2,1-2H3,(H2,19,20,21). The lowest BCUT2D eigenvalue weighted by Crippen LogP contribution is -2.37. The summed E-state index contributed by atoms with van der Waals surface area (Å²) < 4.78 is 5.43. The first-order chi connectivity index (χ1) is 11.3. The fraction of sp³-hybridized carbons (Fsp3) is 0.611. The maximum atomic E-state index is 5.43. The molecule has 1 aromatic rings. The van der Waals surface area contributed by atoms with Crippen LogP contribution in [0.3, 0.4) is 0 Å². The van der Waals surface area contributed by atoms with Gasteiger partial charge in [0.05, 0.1) is 19.8 Å². The SMILES string of the molecule is CCCNC(=NCc1ccccc1CN1CCOCC1)NCC. The zero-order valence-corrected chi connectivity index (χ0v) is 14.5. The van der Waals surface area contributed by atoms with Gasteiger partial charge in [-0.3, -0.25) is 4.90 Å². The first-order valence-electron chi connectivity index (χ1n) is 8.72. The number of benzene rings is 1. The topological polar surface area (TPSA) is 48.9 Å². The molecule has 5 nitrogen and oxygen atoms in total. The van der Waals surface area contributed by atoms with Gasteiger partial charge < -0.3 is 15.4 Å². The number of aliphatic imine (C=N–C) groups is 1. The van der Waals surface area contributed by atoms with E-state index < -0.39 is 0 Å². The van der Waals surface area contributed by atoms with Crippen LogP contribution in [0.25, 0.3) is 0 Å². The molecule has 1 aromatic carbocycles. The first-order valence-corrected chi connectivity index (χ1v) is 8.72. The highest BCUT2D eigenvalue weighted by molar-refractivity contribution is 5.79. The Bertz CT molecular complexity index is 484. The molecule has 128 valence electrons. The number of hydrogen-bond acceptors (Lipinski definition) is 3. The van der Waals surface area contributed by atoms with Crippen LogP contribution in [0.1, 0.15) is 31.4 Å². The van der Waals surface area contributed by atoms with Gasteiger partial charge in [-0.05, 0) is 24.5 Å². The molecule has 0 radical (unpaired) electrons. The highest BCUT2D eigenvalue weighted by Gasteiger charge is 2.12. The van der Waals surface area contributed by atoms with E-state index in [1.165, 1.54) is 11.1 Å². The van der Waals surface area contributed by atoms with Gasteiger partial charge in [0.2, 0.25) is 0 Å². The van der Waals surface area contributed by atoms with E-state index in [1.54, 1.807) is 0 Å². The van der Waals surface area contributed by atoms with Crippen molar-refractivity contribution in [2.24, 2.45) is 4.99 Å². The zero-order valence-electron chi connectivity index (χ0n) is 14.5. The molecule has 0 aromatic heterocycles. The zero-order chi connectivity index (χ0) is 16.3. The minimum Gasteiger partial charge on any atom is -0.379 e. The van der Waals surface area contributed by atoms with Crippen LogP contribution in [0, 0.1) is 0 Å². The largest absolute Gasteiger partial charge is 0.379 e. The van der Waals surface area contributed by atoms with E-state index in [4.69, 9.17) is 9.73 Å². The van der Waals surface area contributed by atoms with Gasteiger partial charge in [0, 0.05) is 32.7 Å². The normalized spacial score (nSPS) is 16.3. The van der Waals surface area contributed by atoms with Crippen molar-refractivity contribution in [1.29, 1.82) is 0 Å². The van der Waals surface area contributed by atoms with Crippen molar-refractivity contribution in [3.8, 4) is 0 Å². The molecule has 0 spiro atoms. The predicted molar refractivity (Wildman–Crippen MR) is 95.6 cm³/mol. The van der Waals surface area contributed by atoms with Gasteiger partial charge in [-0.1, -0.05) is 31.2 Å². The molecule has 23 heavy (non-hydrogen) atoms. The average Bonchev–Trinajstić information content (AvgIpc) is 2.59. The third kappa shape index (κ3) is 6.20. The molecule has 1 aliphatic rings. The Hall–Kier alpha value is -1.59. The molecule has 0 amide bonds. The Balaban J connectivity index is 2.00. The number of rotatable bonds is 7. The molecule has 1 fully saturated rings. The van der Waals surface area contributed by atoms with Crippen molar-refractivity contribution in [3.05, 3.63) is 35.4 Å². The number of nitrogens with one attached hydrogen (secondary N) is 2. The molecular weight excluding hydrogens is 288 g/mol.